The average Bonchev–Trinajstić information content (AvgIpc) is 3.10. The molecule has 0 spiro atoms. The second kappa shape index (κ2) is 7.43. The number of nitrogens with two attached hydrogens (primary N) is 1. The Balaban J connectivity index is 1.70. The summed E-state index contributed by atoms with van der Waals surface area (Å²) in [5, 5.41) is 0. The topological polar surface area (TPSA) is 64.8 Å². The minimum Gasteiger partial charge on any atom is -0.381 e. The van der Waals surface area contributed by atoms with Crippen LogP contribution >= 0.6 is 0 Å². The van der Waals surface area contributed by atoms with Gasteiger partial charge in [0.15, 0.2) is 0 Å². The van der Waals surface area contributed by atoms with Gasteiger partial charge in [-0.15, -0.1) is 0 Å². The number of amides is 1. The number of rotatable bonds is 4. The second-order valence-electron chi connectivity index (χ2n) is 6.47. The van der Waals surface area contributed by atoms with Crippen LogP contribution in [0.3, 0.4) is 0 Å². The third-order valence-corrected chi connectivity index (χ3v) is 5.02. The molecular formula is C18H26N2O3. The van der Waals surface area contributed by atoms with Crippen LogP contribution in [0.15, 0.2) is 24.3 Å². The molecule has 0 aromatic heterocycles. The van der Waals surface area contributed by atoms with Crippen LogP contribution in [-0.2, 0) is 14.3 Å². The van der Waals surface area contributed by atoms with Gasteiger partial charge in [0.05, 0.1) is 25.7 Å². The molecule has 23 heavy (non-hydrogen) atoms. The lowest BCUT2D eigenvalue weighted by atomic mass is 9.90. The maximum Gasteiger partial charge on any atom is 0.227 e. The van der Waals surface area contributed by atoms with Gasteiger partial charge in [-0.25, -0.2) is 0 Å². The highest BCUT2D eigenvalue weighted by Gasteiger charge is 2.35. The molecule has 2 saturated heterocycles. The zero-order valence-corrected chi connectivity index (χ0v) is 13.7. The van der Waals surface area contributed by atoms with E-state index in [-0.39, 0.29) is 23.8 Å². The Kier molecular flexibility index (Phi) is 5.30. The minimum absolute atomic E-state index is 0.0489. The van der Waals surface area contributed by atoms with Crippen LogP contribution in [-0.4, -0.2) is 50.3 Å². The summed E-state index contributed by atoms with van der Waals surface area (Å²) in [6.07, 6.45) is 0.881. The Morgan fingerprint density at radius 3 is 2.91 bits per heavy atom. The maximum absolute atomic E-state index is 12.9. The zero-order valence-electron chi connectivity index (χ0n) is 13.7. The number of hydrogen-bond acceptors (Lipinski definition) is 4. The highest BCUT2D eigenvalue weighted by atomic mass is 16.5. The van der Waals surface area contributed by atoms with E-state index in [1.807, 2.05) is 17.0 Å². The van der Waals surface area contributed by atoms with Crippen LogP contribution in [0.25, 0.3) is 0 Å². The van der Waals surface area contributed by atoms with Gasteiger partial charge in [-0.05, 0) is 30.4 Å². The zero-order chi connectivity index (χ0) is 16.2. The fraction of sp³-hybridized carbons (Fsp3) is 0.611. The minimum atomic E-state index is -0.131. The average molecular weight is 318 g/mol. The Labute approximate surface area is 137 Å². The van der Waals surface area contributed by atoms with Gasteiger partial charge in [-0.2, -0.15) is 0 Å². The van der Waals surface area contributed by atoms with Crippen molar-refractivity contribution in [2.24, 2.45) is 17.6 Å². The molecule has 3 rings (SSSR count). The third kappa shape index (κ3) is 3.57. The Morgan fingerprint density at radius 2 is 2.22 bits per heavy atom. The summed E-state index contributed by atoms with van der Waals surface area (Å²) in [4.78, 5) is 14.8. The number of carbonyl (C=O) groups is 1. The SMILES string of the molecule is Cc1ccccc1C1CN(C(=O)C(CN)C2CCOC2)CCO1. The van der Waals surface area contributed by atoms with Gasteiger partial charge in [0, 0.05) is 19.7 Å². The molecule has 1 aromatic rings. The Bertz CT molecular complexity index is 543. The van der Waals surface area contributed by atoms with Crippen LogP contribution < -0.4 is 5.73 Å². The summed E-state index contributed by atoms with van der Waals surface area (Å²) in [5.41, 5.74) is 8.26. The first-order valence-corrected chi connectivity index (χ1v) is 8.44. The van der Waals surface area contributed by atoms with E-state index in [4.69, 9.17) is 15.2 Å². The van der Waals surface area contributed by atoms with Crippen LogP contribution in [0.2, 0.25) is 0 Å². The van der Waals surface area contributed by atoms with E-state index in [0.717, 1.165) is 13.0 Å². The standard InChI is InChI=1S/C18H26N2O3/c1-13-4-2-3-5-15(13)17-11-20(7-9-23-17)18(21)16(10-19)14-6-8-22-12-14/h2-5,14,16-17H,6-12,19H2,1H3. The van der Waals surface area contributed by atoms with Gasteiger partial charge in [-0.1, -0.05) is 24.3 Å². The van der Waals surface area contributed by atoms with Crippen molar-refractivity contribution >= 4 is 5.91 Å². The second-order valence-corrected chi connectivity index (χ2v) is 6.47. The summed E-state index contributed by atoms with van der Waals surface area (Å²) in [7, 11) is 0. The predicted molar refractivity (Wildman–Crippen MR) is 87.9 cm³/mol. The number of benzene rings is 1. The maximum atomic E-state index is 12.9. The molecule has 2 heterocycles. The van der Waals surface area contributed by atoms with Gasteiger partial charge in [0.1, 0.15) is 6.10 Å². The molecule has 0 aliphatic carbocycles. The molecule has 2 fully saturated rings. The van der Waals surface area contributed by atoms with Crippen molar-refractivity contribution in [2.45, 2.75) is 19.4 Å². The van der Waals surface area contributed by atoms with E-state index in [2.05, 4.69) is 19.1 Å². The highest BCUT2D eigenvalue weighted by molar-refractivity contribution is 5.79. The molecule has 0 saturated carbocycles. The first kappa shape index (κ1) is 16.4. The Morgan fingerprint density at radius 1 is 1.39 bits per heavy atom. The van der Waals surface area contributed by atoms with Crippen LogP contribution in [0.1, 0.15) is 23.7 Å². The van der Waals surface area contributed by atoms with Crippen molar-refractivity contribution in [3.8, 4) is 0 Å². The summed E-state index contributed by atoms with van der Waals surface area (Å²) in [6.45, 7) is 5.68. The predicted octanol–water partition coefficient (Wildman–Crippen LogP) is 1.51. The normalized spacial score (nSPS) is 26.3. The molecular weight excluding hydrogens is 292 g/mol. The van der Waals surface area contributed by atoms with Gasteiger partial charge in [0.25, 0.3) is 0 Å². The van der Waals surface area contributed by atoms with E-state index in [9.17, 15) is 4.79 Å². The molecule has 126 valence electrons. The molecule has 3 unspecified atom stereocenters. The van der Waals surface area contributed by atoms with Crippen molar-refractivity contribution in [2.75, 3.05) is 39.5 Å². The number of ether oxygens (including phenoxy) is 2. The molecule has 1 aromatic carbocycles. The molecule has 5 nitrogen and oxygen atoms in total. The van der Waals surface area contributed by atoms with Crippen molar-refractivity contribution in [3.63, 3.8) is 0 Å². The molecule has 0 bridgehead atoms. The number of morpholine rings is 1. The van der Waals surface area contributed by atoms with E-state index >= 15 is 0 Å². The van der Waals surface area contributed by atoms with E-state index in [0.29, 0.717) is 32.8 Å². The monoisotopic (exact) mass is 318 g/mol. The molecule has 1 amide bonds. The van der Waals surface area contributed by atoms with Crippen molar-refractivity contribution in [3.05, 3.63) is 35.4 Å². The van der Waals surface area contributed by atoms with E-state index in [1.165, 1.54) is 11.1 Å². The van der Waals surface area contributed by atoms with Gasteiger partial charge >= 0.3 is 0 Å². The van der Waals surface area contributed by atoms with E-state index < -0.39 is 0 Å². The van der Waals surface area contributed by atoms with Crippen LogP contribution in [0.4, 0.5) is 0 Å². The van der Waals surface area contributed by atoms with Crippen molar-refractivity contribution < 1.29 is 14.3 Å². The highest BCUT2D eigenvalue weighted by Crippen LogP contribution is 2.28. The largest absolute Gasteiger partial charge is 0.381 e. The molecule has 3 atom stereocenters. The van der Waals surface area contributed by atoms with Crippen molar-refractivity contribution in [1.82, 2.24) is 4.90 Å². The third-order valence-electron chi connectivity index (χ3n) is 5.02. The molecule has 2 N–H and O–H groups in total. The van der Waals surface area contributed by atoms with Gasteiger partial charge in [-0.3, -0.25) is 4.79 Å². The number of carbonyl (C=O) groups excluding carboxylic acids is 1. The molecule has 2 aliphatic rings. The summed E-state index contributed by atoms with van der Waals surface area (Å²) >= 11 is 0. The van der Waals surface area contributed by atoms with Gasteiger partial charge in [0.2, 0.25) is 5.91 Å². The van der Waals surface area contributed by atoms with Crippen LogP contribution in [0, 0.1) is 18.8 Å². The lowest BCUT2D eigenvalue weighted by Crippen LogP contribution is -2.48. The first-order chi connectivity index (χ1) is 11.2. The number of aryl methyl sites for hydroxylation is 1. The van der Waals surface area contributed by atoms with Crippen molar-refractivity contribution in [1.29, 1.82) is 0 Å². The first-order valence-electron chi connectivity index (χ1n) is 8.44. The lowest BCUT2D eigenvalue weighted by molar-refractivity contribution is -0.144. The fourth-order valence-corrected chi connectivity index (χ4v) is 3.59. The number of hydrogen-bond donors (Lipinski definition) is 1. The summed E-state index contributed by atoms with van der Waals surface area (Å²) in [5.74, 6) is 0.283. The lowest BCUT2D eigenvalue weighted by Gasteiger charge is -2.36. The molecule has 5 heteroatoms. The van der Waals surface area contributed by atoms with E-state index in [1.54, 1.807) is 0 Å². The fourth-order valence-electron chi connectivity index (χ4n) is 3.59. The summed E-state index contributed by atoms with van der Waals surface area (Å²) < 4.78 is 11.3. The number of nitrogens with zero attached hydrogens (tertiary/aromatic N) is 1. The van der Waals surface area contributed by atoms with Gasteiger partial charge < -0.3 is 20.1 Å². The Hall–Kier alpha value is -1.43. The molecule has 0 radical (unpaired) electrons. The van der Waals surface area contributed by atoms with Crippen LogP contribution in [0.5, 0.6) is 0 Å². The summed E-state index contributed by atoms with van der Waals surface area (Å²) in [6, 6.07) is 8.21. The quantitative estimate of drug-likeness (QED) is 0.914. The molecule has 2 aliphatic heterocycles. The smallest absolute Gasteiger partial charge is 0.227 e.